The van der Waals surface area contributed by atoms with Crippen LogP contribution in [0.3, 0.4) is 0 Å². The molecule has 0 aliphatic heterocycles. The maximum absolute atomic E-state index is 13.0. The summed E-state index contributed by atoms with van der Waals surface area (Å²) in [5, 5.41) is 10.6. The first-order valence-corrected chi connectivity index (χ1v) is 40.3. The minimum Gasteiger partial charge on any atom is -0.462 e. The van der Waals surface area contributed by atoms with E-state index in [4.69, 9.17) is 37.0 Å². The Balaban J connectivity index is 5.23. The van der Waals surface area contributed by atoms with Gasteiger partial charge in [0.25, 0.3) is 0 Å². The molecule has 0 radical (unpaired) electrons. The average Bonchev–Trinajstić information content (AvgIpc) is 3.56. The van der Waals surface area contributed by atoms with Crippen LogP contribution in [0.15, 0.2) is 0 Å². The Kier molecular flexibility index (Phi) is 60.3. The molecule has 0 aromatic heterocycles. The van der Waals surface area contributed by atoms with E-state index in [-0.39, 0.29) is 25.7 Å². The lowest BCUT2D eigenvalue weighted by Gasteiger charge is -2.21. The Morgan fingerprint density at radius 2 is 0.527 bits per heavy atom. The van der Waals surface area contributed by atoms with Gasteiger partial charge in [-0.15, -0.1) is 0 Å². The molecule has 19 heteroatoms. The number of carbonyl (C=O) groups is 4. The standard InChI is InChI=1S/C72H140O17P2/c1-9-64(7)50-42-34-25-19-15-13-11-12-14-16-22-28-38-46-54-71(76)88-67(58-82-69(74)52-44-36-27-21-18-17-20-26-35-43-51-65(8)10-2)60-86-90(78,79)84-56-66(73)57-85-91(80,81)87-61-68(89-72(77)55-47-39-31-30-33-41-49-63(5)6)59-83-70(75)53-45-37-29-23-24-32-40-48-62(3)4/h62-68,73H,9-61H2,1-8H3,(H,78,79)(H,80,81)/t64?,65?,66?,67-,68-/m1/s1. The van der Waals surface area contributed by atoms with E-state index in [9.17, 15) is 43.2 Å². The van der Waals surface area contributed by atoms with Crippen molar-refractivity contribution >= 4 is 39.5 Å². The first-order valence-electron chi connectivity index (χ1n) is 37.3. The van der Waals surface area contributed by atoms with E-state index >= 15 is 0 Å². The number of unbranched alkanes of at least 4 members (excludes halogenated alkanes) is 33. The van der Waals surface area contributed by atoms with Crippen molar-refractivity contribution in [1.29, 1.82) is 0 Å². The molecule has 0 heterocycles. The third kappa shape index (κ3) is 63.9. The lowest BCUT2D eigenvalue weighted by atomic mass is 9.99. The first-order chi connectivity index (χ1) is 43.7. The summed E-state index contributed by atoms with van der Waals surface area (Å²) < 4.78 is 68.3. The largest absolute Gasteiger partial charge is 0.472 e. The van der Waals surface area contributed by atoms with Crippen LogP contribution < -0.4 is 0 Å². The first kappa shape index (κ1) is 89.1. The quantitative estimate of drug-likeness (QED) is 0.0222. The molecule has 0 aliphatic rings. The van der Waals surface area contributed by atoms with Crippen LogP contribution in [0.25, 0.3) is 0 Å². The third-order valence-corrected chi connectivity index (χ3v) is 19.2. The molecule has 0 aromatic carbocycles. The summed E-state index contributed by atoms with van der Waals surface area (Å²) in [6.45, 7) is 14.1. The molecular formula is C72H140O17P2. The molecule has 0 bridgehead atoms. The van der Waals surface area contributed by atoms with E-state index in [1.807, 2.05) is 0 Å². The molecule has 0 aliphatic carbocycles. The Morgan fingerprint density at radius 3 is 0.780 bits per heavy atom. The van der Waals surface area contributed by atoms with Gasteiger partial charge in [-0.1, -0.05) is 306 Å². The monoisotopic (exact) mass is 1340 g/mol. The maximum atomic E-state index is 13.0. The van der Waals surface area contributed by atoms with E-state index in [0.29, 0.717) is 37.5 Å². The molecule has 7 atom stereocenters. The van der Waals surface area contributed by atoms with Gasteiger partial charge in [-0.25, -0.2) is 9.13 Å². The minimum absolute atomic E-state index is 0.101. The fourth-order valence-electron chi connectivity index (χ4n) is 10.8. The zero-order valence-electron chi connectivity index (χ0n) is 59.5. The summed E-state index contributed by atoms with van der Waals surface area (Å²) in [6.07, 6.45) is 44.6. The molecule has 0 aromatic rings. The highest BCUT2D eigenvalue weighted by Crippen LogP contribution is 2.45. The third-order valence-electron chi connectivity index (χ3n) is 17.3. The number of ether oxygens (including phenoxy) is 4. The highest BCUT2D eigenvalue weighted by molar-refractivity contribution is 7.47. The van der Waals surface area contributed by atoms with Crippen LogP contribution in [-0.2, 0) is 65.4 Å². The van der Waals surface area contributed by atoms with Crippen molar-refractivity contribution < 1.29 is 80.2 Å². The van der Waals surface area contributed by atoms with E-state index in [0.717, 1.165) is 108 Å². The van der Waals surface area contributed by atoms with Gasteiger partial charge < -0.3 is 33.8 Å². The van der Waals surface area contributed by atoms with Gasteiger partial charge in [-0.3, -0.25) is 37.3 Å². The summed E-state index contributed by atoms with van der Waals surface area (Å²) in [4.78, 5) is 72.6. The molecule has 0 spiro atoms. The number of phosphoric ester groups is 2. The van der Waals surface area contributed by atoms with Gasteiger partial charge in [0.15, 0.2) is 12.2 Å². The number of rotatable bonds is 69. The number of aliphatic hydroxyl groups excluding tert-OH is 1. The molecule has 0 amide bonds. The van der Waals surface area contributed by atoms with Gasteiger partial charge in [-0.05, 0) is 49.4 Å². The Labute approximate surface area is 556 Å². The second-order valence-corrected chi connectivity index (χ2v) is 30.3. The molecule has 0 saturated carbocycles. The molecule has 91 heavy (non-hydrogen) atoms. The molecule has 0 rings (SSSR count). The Bertz CT molecular complexity index is 1800. The molecule has 540 valence electrons. The van der Waals surface area contributed by atoms with E-state index < -0.39 is 97.5 Å². The highest BCUT2D eigenvalue weighted by atomic mass is 31.2. The van der Waals surface area contributed by atoms with Gasteiger partial charge in [-0.2, -0.15) is 0 Å². The van der Waals surface area contributed by atoms with Crippen LogP contribution in [0.2, 0.25) is 0 Å². The summed E-state index contributed by atoms with van der Waals surface area (Å²) >= 11 is 0. The number of carbonyl (C=O) groups excluding carboxylic acids is 4. The normalized spacial score (nSPS) is 14.8. The van der Waals surface area contributed by atoms with Crippen LogP contribution in [0, 0.1) is 23.7 Å². The van der Waals surface area contributed by atoms with Crippen molar-refractivity contribution in [2.45, 2.75) is 375 Å². The van der Waals surface area contributed by atoms with E-state index in [2.05, 4.69) is 55.4 Å². The molecule has 5 unspecified atom stereocenters. The van der Waals surface area contributed by atoms with Crippen LogP contribution >= 0.6 is 15.6 Å². The maximum Gasteiger partial charge on any atom is 0.472 e. The predicted octanol–water partition coefficient (Wildman–Crippen LogP) is 20.5. The van der Waals surface area contributed by atoms with Crippen molar-refractivity contribution in [1.82, 2.24) is 0 Å². The van der Waals surface area contributed by atoms with Crippen molar-refractivity contribution in [3.05, 3.63) is 0 Å². The lowest BCUT2D eigenvalue weighted by Crippen LogP contribution is -2.30. The van der Waals surface area contributed by atoms with Crippen LogP contribution in [0.5, 0.6) is 0 Å². The lowest BCUT2D eigenvalue weighted by molar-refractivity contribution is -0.161. The van der Waals surface area contributed by atoms with E-state index in [1.54, 1.807) is 0 Å². The molecule has 0 fully saturated rings. The van der Waals surface area contributed by atoms with Gasteiger partial charge in [0.1, 0.15) is 19.3 Å². The molecule has 17 nitrogen and oxygen atoms in total. The van der Waals surface area contributed by atoms with Gasteiger partial charge in [0.05, 0.1) is 26.4 Å². The molecule has 0 saturated heterocycles. The summed E-state index contributed by atoms with van der Waals surface area (Å²) in [6, 6.07) is 0. The second-order valence-electron chi connectivity index (χ2n) is 27.4. The second kappa shape index (κ2) is 61.6. The summed E-state index contributed by atoms with van der Waals surface area (Å²) in [7, 11) is -9.90. The number of phosphoric acid groups is 2. The SMILES string of the molecule is CCC(C)CCCCCCCCCCCCCCCCC(=O)O[C@H](COC(=O)CCCCCCCCCCCCC(C)CC)COP(=O)(O)OCC(O)COP(=O)(O)OC[C@@H](COC(=O)CCCCCCCCCC(C)C)OC(=O)CCCCCCCCC(C)C. The fraction of sp³-hybridized carbons (Fsp3) is 0.944. The Morgan fingerprint density at radius 1 is 0.308 bits per heavy atom. The highest BCUT2D eigenvalue weighted by Gasteiger charge is 2.30. The number of hydrogen-bond acceptors (Lipinski definition) is 15. The van der Waals surface area contributed by atoms with Gasteiger partial charge in [0, 0.05) is 25.7 Å². The number of aliphatic hydroxyl groups is 1. The number of esters is 4. The summed E-state index contributed by atoms with van der Waals surface area (Å²) in [5.41, 5.74) is 0. The van der Waals surface area contributed by atoms with Crippen LogP contribution in [0.4, 0.5) is 0 Å². The van der Waals surface area contributed by atoms with Gasteiger partial charge >= 0.3 is 39.5 Å². The topological polar surface area (TPSA) is 237 Å². The van der Waals surface area contributed by atoms with Crippen molar-refractivity contribution in [2.24, 2.45) is 23.7 Å². The average molecular weight is 1340 g/mol. The Hall–Kier alpha value is -1.94. The smallest absolute Gasteiger partial charge is 0.462 e. The van der Waals surface area contributed by atoms with Crippen molar-refractivity contribution in [2.75, 3.05) is 39.6 Å². The van der Waals surface area contributed by atoms with Crippen molar-refractivity contribution in [3.63, 3.8) is 0 Å². The fourth-order valence-corrected chi connectivity index (χ4v) is 12.4. The predicted molar refractivity (Wildman–Crippen MR) is 367 cm³/mol. The summed E-state index contributed by atoms with van der Waals surface area (Å²) in [5.74, 6) is 0.898. The minimum atomic E-state index is -4.96. The zero-order valence-corrected chi connectivity index (χ0v) is 61.3. The van der Waals surface area contributed by atoms with Crippen LogP contribution in [-0.4, -0.2) is 96.7 Å². The number of hydrogen-bond donors (Lipinski definition) is 3. The van der Waals surface area contributed by atoms with Crippen molar-refractivity contribution in [3.8, 4) is 0 Å². The van der Waals surface area contributed by atoms with E-state index in [1.165, 1.54) is 154 Å². The molecule has 3 N–H and O–H groups in total. The molecular weight excluding hydrogens is 1200 g/mol. The van der Waals surface area contributed by atoms with Gasteiger partial charge in [0.2, 0.25) is 0 Å². The van der Waals surface area contributed by atoms with Crippen LogP contribution in [0.1, 0.15) is 357 Å². The zero-order chi connectivity index (χ0) is 67.5.